The van der Waals surface area contributed by atoms with Crippen molar-refractivity contribution in [3.63, 3.8) is 0 Å². The smallest absolute Gasteiger partial charge is 0.407 e. The van der Waals surface area contributed by atoms with Crippen molar-refractivity contribution >= 4 is 17.7 Å². The van der Waals surface area contributed by atoms with Crippen molar-refractivity contribution in [3.8, 4) is 22.4 Å². The van der Waals surface area contributed by atoms with E-state index in [0.717, 1.165) is 22.5 Å². The van der Waals surface area contributed by atoms with Gasteiger partial charge in [0.2, 0.25) is 5.95 Å². The van der Waals surface area contributed by atoms with E-state index >= 15 is 0 Å². The number of pyridine rings is 1. The fraction of sp³-hybridized carbons (Fsp3) is 0.346. The van der Waals surface area contributed by atoms with E-state index in [1.54, 1.807) is 0 Å². The van der Waals surface area contributed by atoms with Crippen LogP contribution in [0.4, 0.5) is 10.7 Å². The molecule has 198 valence electrons. The highest BCUT2D eigenvalue weighted by atomic mass is 16.7. The summed E-state index contributed by atoms with van der Waals surface area (Å²) in [7, 11) is 1.50. The molecule has 0 radical (unpaired) electrons. The zero-order chi connectivity index (χ0) is 27.0. The predicted octanol–water partition coefficient (Wildman–Crippen LogP) is 2.56. The third-order valence-electron chi connectivity index (χ3n) is 6.60. The van der Waals surface area contributed by atoms with Gasteiger partial charge in [-0.1, -0.05) is 30.3 Å². The molecule has 0 bridgehead atoms. The zero-order valence-corrected chi connectivity index (χ0v) is 21.4. The average molecular weight is 520 g/mol. The molecular formula is C26H29N7O5. The Hall–Kier alpha value is -4.29. The number of fused-ring (bicyclic) bond motifs is 1. The number of carbonyl (C=O) groups is 1. The molecule has 0 aliphatic carbocycles. The Labute approximate surface area is 218 Å². The molecule has 0 unspecified atom stereocenters. The summed E-state index contributed by atoms with van der Waals surface area (Å²) in [6.07, 6.45) is -1.04. The topological polar surface area (TPSA) is 150 Å². The Morgan fingerprint density at radius 1 is 1.13 bits per heavy atom. The Bertz CT molecular complexity index is 1530. The number of hydrogen-bond donors (Lipinski definition) is 2. The number of rotatable bonds is 7. The van der Waals surface area contributed by atoms with Crippen molar-refractivity contribution in [2.45, 2.75) is 39.0 Å². The highest BCUT2D eigenvalue weighted by molar-refractivity contribution is 5.90. The minimum atomic E-state index is -1.09. The first-order valence-corrected chi connectivity index (χ1v) is 12.2. The summed E-state index contributed by atoms with van der Waals surface area (Å²) >= 11 is 0. The molecule has 38 heavy (non-hydrogen) atoms. The minimum Gasteiger partial charge on any atom is -0.465 e. The molecule has 1 aliphatic rings. The van der Waals surface area contributed by atoms with Crippen LogP contribution in [-0.2, 0) is 16.0 Å². The van der Waals surface area contributed by atoms with E-state index in [1.807, 2.05) is 56.3 Å². The molecular weight excluding hydrogens is 490 g/mol. The number of nitrogens with two attached hydrogens (primary N) is 1. The summed E-state index contributed by atoms with van der Waals surface area (Å²) in [5.74, 6) is -0.0100. The molecule has 3 aromatic heterocycles. The number of carboxylic acid groups (broad SMARTS) is 1. The number of ether oxygens (including phenoxy) is 2. The summed E-state index contributed by atoms with van der Waals surface area (Å²) in [5.41, 5.74) is 10.6. The summed E-state index contributed by atoms with van der Waals surface area (Å²) in [6.45, 7) is 4.06. The molecule has 4 aromatic rings. The van der Waals surface area contributed by atoms with E-state index in [2.05, 4.69) is 15.1 Å². The number of aromatic nitrogens is 5. The first-order chi connectivity index (χ1) is 18.3. The second-order valence-corrected chi connectivity index (χ2v) is 9.34. The van der Waals surface area contributed by atoms with E-state index in [-0.39, 0.29) is 31.9 Å². The molecule has 1 aliphatic heterocycles. The van der Waals surface area contributed by atoms with Crippen LogP contribution >= 0.6 is 0 Å². The maximum atomic E-state index is 13.5. The van der Waals surface area contributed by atoms with Gasteiger partial charge in [0.25, 0.3) is 0 Å². The Morgan fingerprint density at radius 3 is 2.50 bits per heavy atom. The average Bonchev–Trinajstić information content (AvgIpc) is 3.43. The van der Waals surface area contributed by atoms with Gasteiger partial charge in [-0.2, -0.15) is 0 Å². The van der Waals surface area contributed by atoms with Crippen molar-refractivity contribution in [2.24, 2.45) is 0 Å². The fourth-order valence-corrected chi connectivity index (χ4v) is 5.04. The largest absolute Gasteiger partial charge is 0.465 e. The third-order valence-corrected chi connectivity index (χ3v) is 6.60. The van der Waals surface area contributed by atoms with Crippen LogP contribution in [-0.4, -0.2) is 72.8 Å². The second kappa shape index (κ2) is 10.2. The number of methoxy groups -OCH3 is 1. The molecule has 12 heteroatoms. The van der Waals surface area contributed by atoms with Gasteiger partial charge in [0.05, 0.1) is 36.5 Å². The summed E-state index contributed by atoms with van der Waals surface area (Å²) in [6, 6.07) is 12.9. The van der Waals surface area contributed by atoms with Crippen LogP contribution in [0, 0.1) is 13.8 Å². The molecule has 5 rings (SSSR count). The van der Waals surface area contributed by atoms with Crippen molar-refractivity contribution in [2.75, 3.05) is 26.2 Å². The lowest BCUT2D eigenvalue weighted by Gasteiger charge is -2.20. The van der Waals surface area contributed by atoms with Crippen LogP contribution < -0.4 is 11.4 Å². The van der Waals surface area contributed by atoms with E-state index in [4.69, 9.17) is 15.2 Å². The highest BCUT2D eigenvalue weighted by Gasteiger charge is 2.37. The van der Waals surface area contributed by atoms with E-state index in [9.17, 15) is 14.7 Å². The van der Waals surface area contributed by atoms with Gasteiger partial charge in [0.1, 0.15) is 6.79 Å². The summed E-state index contributed by atoms with van der Waals surface area (Å²) in [4.78, 5) is 35.9. The number of likely N-dealkylation sites (tertiary alicyclic amines) is 1. The Balaban J connectivity index is 1.66. The first kappa shape index (κ1) is 25.4. The number of benzene rings is 1. The summed E-state index contributed by atoms with van der Waals surface area (Å²) in [5, 5.41) is 14.4. The minimum absolute atomic E-state index is 0.0100. The number of hydrogen-bond acceptors (Lipinski definition) is 8. The van der Waals surface area contributed by atoms with Crippen LogP contribution in [0.5, 0.6) is 0 Å². The van der Waals surface area contributed by atoms with Gasteiger partial charge in [-0.25, -0.2) is 23.7 Å². The van der Waals surface area contributed by atoms with Gasteiger partial charge >= 0.3 is 11.8 Å². The van der Waals surface area contributed by atoms with Crippen molar-refractivity contribution in [1.82, 2.24) is 29.0 Å². The van der Waals surface area contributed by atoms with Crippen LogP contribution in [0.3, 0.4) is 0 Å². The predicted molar refractivity (Wildman–Crippen MR) is 140 cm³/mol. The molecule has 1 amide bonds. The number of anilines is 1. The normalized spacial score (nSPS) is 17.4. The quantitative estimate of drug-likeness (QED) is 0.351. The maximum Gasteiger partial charge on any atom is 0.407 e. The molecule has 1 fully saturated rings. The SMILES string of the molecule is COCO[C@H]1C[C@@H](Cn2nc3c(-c4cc(C)nc(C)c4)c(-c4ccccc4)nc(N)n3c2=O)N(C(=O)O)C1. The zero-order valence-electron chi connectivity index (χ0n) is 21.4. The van der Waals surface area contributed by atoms with Crippen molar-refractivity contribution in [1.29, 1.82) is 0 Å². The standard InChI is InChI=1S/C26H29N7O5/c1-15-9-18(10-16(2)28-15)21-22(17-7-5-4-6-8-17)29-24(27)33-23(21)30-32(25(33)34)12-19-11-20(38-14-37-3)13-31(19)26(35)36/h4-10,19-20H,11-14H2,1-3H3,(H2,27,29)(H,35,36)/t19-,20-/m0/s1. The van der Waals surface area contributed by atoms with Gasteiger partial charge in [-0.15, -0.1) is 5.10 Å². The van der Waals surface area contributed by atoms with E-state index < -0.39 is 17.8 Å². The van der Waals surface area contributed by atoms with Gasteiger partial charge in [0, 0.05) is 24.1 Å². The van der Waals surface area contributed by atoms with Crippen LogP contribution in [0.1, 0.15) is 17.8 Å². The van der Waals surface area contributed by atoms with E-state index in [0.29, 0.717) is 23.3 Å². The molecule has 12 nitrogen and oxygen atoms in total. The molecule has 0 saturated carbocycles. The monoisotopic (exact) mass is 519 g/mol. The summed E-state index contributed by atoms with van der Waals surface area (Å²) < 4.78 is 13.1. The first-order valence-electron chi connectivity index (χ1n) is 12.2. The van der Waals surface area contributed by atoms with E-state index in [1.165, 1.54) is 21.1 Å². The lowest BCUT2D eigenvalue weighted by molar-refractivity contribution is -0.0668. The Kier molecular flexibility index (Phi) is 6.83. The number of aryl methyl sites for hydroxylation is 2. The lowest BCUT2D eigenvalue weighted by Crippen LogP contribution is -2.39. The molecule has 4 heterocycles. The fourth-order valence-electron chi connectivity index (χ4n) is 5.04. The maximum absolute atomic E-state index is 13.5. The van der Waals surface area contributed by atoms with Crippen molar-refractivity contribution in [3.05, 3.63) is 64.3 Å². The second-order valence-electron chi connectivity index (χ2n) is 9.34. The van der Waals surface area contributed by atoms with Gasteiger partial charge in [0.15, 0.2) is 5.65 Å². The van der Waals surface area contributed by atoms with Gasteiger partial charge in [-0.3, -0.25) is 4.98 Å². The van der Waals surface area contributed by atoms with Crippen LogP contribution in [0.25, 0.3) is 28.0 Å². The lowest BCUT2D eigenvalue weighted by atomic mass is 9.99. The Morgan fingerprint density at radius 2 is 1.84 bits per heavy atom. The highest BCUT2D eigenvalue weighted by Crippen LogP contribution is 2.35. The number of amides is 1. The molecule has 2 atom stereocenters. The van der Waals surface area contributed by atoms with Gasteiger partial charge in [-0.05, 0) is 38.0 Å². The van der Waals surface area contributed by atoms with Crippen LogP contribution in [0.15, 0.2) is 47.3 Å². The van der Waals surface area contributed by atoms with Crippen molar-refractivity contribution < 1.29 is 19.4 Å². The van der Waals surface area contributed by atoms with Crippen LogP contribution in [0.2, 0.25) is 0 Å². The third kappa shape index (κ3) is 4.71. The number of nitrogen functional groups attached to an aromatic ring is 1. The number of nitrogens with zero attached hydrogens (tertiary/aromatic N) is 6. The molecule has 1 saturated heterocycles. The van der Waals surface area contributed by atoms with Gasteiger partial charge < -0.3 is 25.2 Å². The molecule has 0 spiro atoms. The molecule has 3 N–H and O–H groups in total. The molecule has 1 aromatic carbocycles.